The maximum absolute atomic E-state index is 12.4. The maximum atomic E-state index is 12.4. The molecule has 0 unspecified atom stereocenters. The lowest BCUT2D eigenvalue weighted by molar-refractivity contribution is -0.135. The standard InChI is InChI=1S/C15H22N2O/c1-12-7-4-5-8-13(12)11-15(9-6-10-16-15)14(18)17(2)3/h4-5,7-8,16H,6,9-11H2,1-3H3/t15-/m1/s1. The second-order valence-corrected chi connectivity index (χ2v) is 5.42. The Bertz CT molecular complexity index is 434. The Hall–Kier alpha value is -1.35. The second kappa shape index (κ2) is 5.11. The van der Waals surface area contributed by atoms with Gasteiger partial charge in [-0.25, -0.2) is 0 Å². The van der Waals surface area contributed by atoms with Gasteiger partial charge in [0, 0.05) is 14.1 Å². The molecule has 1 aromatic rings. The van der Waals surface area contributed by atoms with Crippen LogP contribution in [0.4, 0.5) is 0 Å². The fourth-order valence-corrected chi connectivity index (χ4v) is 2.78. The quantitative estimate of drug-likeness (QED) is 0.881. The number of nitrogens with zero attached hydrogens (tertiary/aromatic N) is 1. The minimum atomic E-state index is -0.393. The number of hydrogen-bond donors (Lipinski definition) is 1. The molecule has 0 spiro atoms. The molecule has 0 bridgehead atoms. The van der Waals surface area contributed by atoms with Gasteiger partial charge in [-0.1, -0.05) is 24.3 Å². The number of likely N-dealkylation sites (N-methyl/N-ethyl adjacent to an activating group) is 1. The van der Waals surface area contributed by atoms with E-state index in [0.29, 0.717) is 0 Å². The predicted octanol–water partition coefficient (Wildman–Crippen LogP) is 1.75. The molecule has 0 aliphatic carbocycles. The van der Waals surface area contributed by atoms with Gasteiger partial charge in [-0.05, 0) is 43.9 Å². The van der Waals surface area contributed by atoms with Crippen molar-refractivity contribution < 1.29 is 4.79 Å². The van der Waals surface area contributed by atoms with E-state index in [1.807, 2.05) is 26.2 Å². The van der Waals surface area contributed by atoms with Gasteiger partial charge < -0.3 is 10.2 Å². The van der Waals surface area contributed by atoms with Crippen LogP contribution >= 0.6 is 0 Å². The van der Waals surface area contributed by atoms with E-state index in [9.17, 15) is 4.79 Å². The van der Waals surface area contributed by atoms with E-state index >= 15 is 0 Å². The fourth-order valence-electron chi connectivity index (χ4n) is 2.78. The molecule has 1 aliphatic heterocycles. The third-order valence-electron chi connectivity index (χ3n) is 3.81. The molecule has 1 aliphatic rings. The summed E-state index contributed by atoms with van der Waals surface area (Å²) in [5, 5.41) is 3.44. The largest absolute Gasteiger partial charge is 0.347 e. The Balaban J connectivity index is 2.27. The first-order valence-corrected chi connectivity index (χ1v) is 6.56. The topological polar surface area (TPSA) is 32.3 Å². The van der Waals surface area contributed by atoms with Gasteiger partial charge in [0.05, 0.1) is 0 Å². The summed E-state index contributed by atoms with van der Waals surface area (Å²) in [7, 11) is 3.67. The Morgan fingerprint density at radius 3 is 2.67 bits per heavy atom. The van der Waals surface area contributed by atoms with Crippen molar-refractivity contribution in [1.82, 2.24) is 10.2 Å². The number of hydrogen-bond acceptors (Lipinski definition) is 2. The number of benzene rings is 1. The van der Waals surface area contributed by atoms with Gasteiger partial charge in [-0.3, -0.25) is 4.79 Å². The summed E-state index contributed by atoms with van der Waals surface area (Å²) < 4.78 is 0. The molecule has 0 radical (unpaired) electrons. The highest BCUT2D eigenvalue weighted by Crippen LogP contribution is 2.27. The summed E-state index contributed by atoms with van der Waals surface area (Å²) in [6.07, 6.45) is 2.79. The van der Waals surface area contributed by atoms with Gasteiger partial charge in [0.15, 0.2) is 0 Å². The molecule has 2 rings (SSSR count). The first-order chi connectivity index (χ1) is 8.55. The number of carbonyl (C=O) groups is 1. The van der Waals surface area contributed by atoms with Gasteiger partial charge in [0.25, 0.3) is 0 Å². The smallest absolute Gasteiger partial charge is 0.242 e. The molecule has 1 saturated heterocycles. The van der Waals surface area contributed by atoms with Crippen molar-refractivity contribution in [3.63, 3.8) is 0 Å². The van der Waals surface area contributed by atoms with E-state index in [1.54, 1.807) is 4.90 Å². The van der Waals surface area contributed by atoms with Gasteiger partial charge in [0.1, 0.15) is 5.54 Å². The van der Waals surface area contributed by atoms with Crippen LogP contribution in [0.25, 0.3) is 0 Å². The van der Waals surface area contributed by atoms with Gasteiger partial charge in [-0.15, -0.1) is 0 Å². The van der Waals surface area contributed by atoms with Crippen molar-refractivity contribution in [3.8, 4) is 0 Å². The average Bonchev–Trinajstić information content (AvgIpc) is 2.81. The Kier molecular flexibility index (Phi) is 3.71. The summed E-state index contributed by atoms with van der Waals surface area (Å²) >= 11 is 0. The summed E-state index contributed by atoms with van der Waals surface area (Å²) in [5.41, 5.74) is 2.13. The normalized spacial score (nSPS) is 23.1. The molecule has 1 N–H and O–H groups in total. The lowest BCUT2D eigenvalue weighted by Gasteiger charge is -2.31. The average molecular weight is 246 g/mol. The molecule has 98 valence electrons. The molecule has 0 saturated carbocycles. The Morgan fingerprint density at radius 2 is 2.11 bits per heavy atom. The minimum Gasteiger partial charge on any atom is -0.347 e. The molecule has 1 amide bonds. The van der Waals surface area contributed by atoms with Crippen molar-refractivity contribution in [2.75, 3.05) is 20.6 Å². The van der Waals surface area contributed by atoms with Gasteiger partial charge >= 0.3 is 0 Å². The second-order valence-electron chi connectivity index (χ2n) is 5.42. The van der Waals surface area contributed by atoms with Gasteiger partial charge in [0.2, 0.25) is 5.91 Å². The highest BCUT2D eigenvalue weighted by atomic mass is 16.2. The molecule has 1 heterocycles. The molecular weight excluding hydrogens is 224 g/mol. The number of carbonyl (C=O) groups excluding carboxylic acids is 1. The monoisotopic (exact) mass is 246 g/mol. The zero-order chi connectivity index (χ0) is 13.2. The summed E-state index contributed by atoms with van der Waals surface area (Å²) in [6, 6.07) is 8.32. The van der Waals surface area contributed by atoms with E-state index in [-0.39, 0.29) is 5.91 Å². The van der Waals surface area contributed by atoms with Crippen molar-refractivity contribution >= 4 is 5.91 Å². The first kappa shape index (κ1) is 13.1. The van der Waals surface area contributed by atoms with E-state index in [2.05, 4.69) is 24.4 Å². The van der Waals surface area contributed by atoms with Crippen LogP contribution in [-0.2, 0) is 11.2 Å². The fraction of sp³-hybridized carbons (Fsp3) is 0.533. The molecule has 3 nitrogen and oxygen atoms in total. The first-order valence-electron chi connectivity index (χ1n) is 6.56. The highest BCUT2D eigenvalue weighted by Gasteiger charge is 2.41. The molecule has 18 heavy (non-hydrogen) atoms. The molecule has 0 aromatic heterocycles. The van der Waals surface area contributed by atoms with Crippen molar-refractivity contribution in [2.45, 2.75) is 31.7 Å². The van der Waals surface area contributed by atoms with Crippen LogP contribution in [0.1, 0.15) is 24.0 Å². The van der Waals surface area contributed by atoms with Crippen LogP contribution in [0.15, 0.2) is 24.3 Å². The highest BCUT2D eigenvalue weighted by molar-refractivity contribution is 5.86. The molecule has 1 atom stereocenters. The minimum absolute atomic E-state index is 0.197. The number of nitrogens with one attached hydrogen (secondary N) is 1. The van der Waals surface area contributed by atoms with E-state index < -0.39 is 5.54 Å². The van der Waals surface area contributed by atoms with Crippen LogP contribution in [0.5, 0.6) is 0 Å². The van der Waals surface area contributed by atoms with Crippen molar-refractivity contribution in [3.05, 3.63) is 35.4 Å². The van der Waals surface area contributed by atoms with E-state index in [1.165, 1.54) is 11.1 Å². The Labute approximate surface area is 109 Å². The summed E-state index contributed by atoms with van der Waals surface area (Å²) in [4.78, 5) is 14.2. The van der Waals surface area contributed by atoms with Crippen LogP contribution in [0.3, 0.4) is 0 Å². The summed E-state index contributed by atoms with van der Waals surface area (Å²) in [6.45, 7) is 3.05. The zero-order valence-corrected chi connectivity index (χ0v) is 11.5. The molecule has 1 fully saturated rings. The number of aryl methyl sites for hydroxylation is 1. The summed E-state index contributed by atoms with van der Waals surface area (Å²) in [5.74, 6) is 0.197. The SMILES string of the molecule is Cc1ccccc1C[C@@]1(C(=O)N(C)C)CCCN1. The lowest BCUT2D eigenvalue weighted by atomic mass is 9.86. The lowest BCUT2D eigenvalue weighted by Crippen LogP contribution is -2.54. The van der Waals surface area contributed by atoms with Crippen molar-refractivity contribution in [2.24, 2.45) is 0 Å². The maximum Gasteiger partial charge on any atom is 0.242 e. The van der Waals surface area contributed by atoms with E-state index in [4.69, 9.17) is 0 Å². The third-order valence-corrected chi connectivity index (χ3v) is 3.81. The van der Waals surface area contributed by atoms with Crippen LogP contribution in [0.2, 0.25) is 0 Å². The predicted molar refractivity (Wildman–Crippen MR) is 73.5 cm³/mol. The number of amides is 1. The van der Waals surface area contributed by atoms with Gasteiger partial charge in [-0.2, -0.15) is 0 Å². The Morgan fingerprint density at radius 1 is 1.39 bits per heavy atom. The van der Waals surface area contributed by atoms with Crippen molar-refractivity contribution in [1.29, 1.82) is 0 Å². The number of rotatable bonds is 3. The molecular formula is C15H22N2O. The molecule has 3 heteroatoms. The molecule has 1 aromatic carbocycles. The van der Waals surface area contributed by atoms with Crippen LogP contribution in [-0.4, -0.2) is 37.0 Å². The van der Waals surface area contributed by atoms with Crippen LogP contribution < -0.4 is 5.32 Å². The van der Waals surface area contributed by atoms with E-state index in [0.717, 1.165) is 25.8 Å². The van der Waals surface area contributed by atoms with Crippen LogP contribution in [0, 0.1) is 6.92 Å². The third kappa shape index (κ3) is 2.41. The zero-order valence-electron chi connectivity index (χ0n) is 11.5.